The predicted octanol–water partition coefficient (Wildman–Crippen LogP) is 0.820. The van der Waals surface area contributed by atoms with Gasteiger partial charge in [-0.2, -0.15) is 10.5 Å². The summed E-state index contributed by atoms with van der Waals surface area (Å²) in [5.41, 5.74) is 0. The van der Waals surface area contributed by atoms with Crippen molar-refractivity contribution in [2.75, 3.05) is 32.7 Å². The minimum atomic E-state index is 0.0687. The first-order chi connectivity index (χ1) is 7.31. The Morgan fingerprint density at radius 3 is 2.33 bits per heavy atom. The van der Waals surface area contributed by atoms with Gasteiger partial charge in [0.15, 0.2) is 0 Å². The molecule has 0 aromatic rings. The highest BCUT2D eigenvalue weighted by atomic mass is 15.3. The van der Waals surface area contributed by atoms with Crippen LogP contribution in [0.4, 0.5) is 0 Å². The molecule has 0 spiro atoms. The lowest BCUT2D eigenvalue weighted by Gasteiger charge is -2.35. The van der Waals surface area contributed by atoms with Gasteiger partial charge in [0.25, 0.3) is 0 Å². The molecule has 15 heavy (non-hydrogen) atoms. The van der Waals surface area contributed by atoms with Gasteiger partial charge >= 0.3 is 0 Å². The fourth-order valence-corrected chi connectivity index (χ4v) is 1.94. The van der Waals surface area contributed by atoms with E-state index in [4.69, 9.17) is 10.5 Å². The third-order valence-electron chi connectivity index (χ3n) is 2.85. The van der Waals surface area contributed by atoms with Crippen molar-refractivity contribution in [3.8, 4) is 12.1 Å². The minimum Gasteiger partial charge on any atom is -0.288 e. The molecule has 0 bridgehead atoms. The average molecular weight is 206 g/mol. The average Bonchev–Trinajstić information content (AvgIpc) is 2.28. The van der Waals surface area contributed by atoms with Gasteiger partial charge < -0.3 is 0 Å². The summed E-state index contributed by atoms with van der Waals surface area (Å²) in [6.07, 6.45) is 2.01. The number of hydrogen-bond donors (Lipinski definition) is 0. The summed E-state index contributed by atoms with van der Waals surface area (Å²) in [4.78, 5) is 4.37. The predicted molar refractivity (Wildman–Crippen MR) is 57.9 cm³/mol. The fourth-order valence-electron chi connectivity index (χ4n) is 1.94. The molecule has 0 amide bonds. The zero-order chi connectivity index (χ0) is 11.1. The second kappa shape index (κ2) is 6.40. The molecule has 0 aromatic heterocycles. The molecule has 0 N–H and O–H groups in total. The highest BCUT2D eigenvalue weighted by Crippen LogP contribution is 2.10. The number of nitriles is 2. The maximum Gasteiger partial charge on any atom is 0.0978 e. The van der Waals surface area contributed by atoms with E-state index >= 15 is 0 Å². The van der Waals surface area contributed by atoms with Crippen molar-refractivity contribution in [1.82, 2.24) is 9.80 Å². The van der Waals surface area contributed by atoms with E-state index in [2.05, 4.69) is 28.9 Å². The van der Waals surface area contributed by atoms with Crippen molar-refractivity contribution in [1.29, 1.82) is 10.5 Å². The fraction of sp³-hybridized carbons (Fsp3) is 0.818. The maximum absolute atomic E-state index is 9.02. The van der Waals surface area contributed by atoms with Crippen LogP contribution in [0, 0.1) is 22.7 Å². The summed E-state index contributed by atoms with van der Waals surface area (Å²) in [6, 6.07) is 4.59. The van der Waals surface area contributed by atoms with Crippen LogP contribution in [0.15, 0.2) is 0 Å². The molecule has 0 saturated carbocycles. The Morgan fingerprint density at radius 1 is 1.20 bits per heavy atom. The highest BCUT2D eigenvalue weighted by Gasteiger charge is 2.22. The number of hydrogen-bond acceptors (Lipinski definition) is 4. The van der Waals surface area contributed by atoms with Crippen LogP contribution < -0.4 is 0 Å². The van der Waals surface area contributed by atoms with Crippen molar-refractivity contribution >= 4 is 0 Å². The van der Waals surface area contributed by atoms with Crippen molar-refractivity contribution in [2.24, 2.45) is 0 Å². The van der Waals surface area contributed by atoms with Crippen LogP contribution in [0.2, 0.25) is 0 Å². The molecule has 1 rings (SSSR count). The highest BCUT2D eigenvalue weighted by molar-refractivity contribution is 4.94. The first-order valence-corrected chi connectivity index (χ1v) is 5.54. The van der Waals surface area contributed by atoms with E-state index in [0.29, 0.717) is 6.54 Å². The second-order valence-corrected chi connectivity index (χ2v) is 3.90. The van der Waals surface area contributed by atoms with Crippen molar-refractivity contribution < 1.29 is 0 Å². The van der Waals surface area contributed by atoms with Gasteiger partial charge in [0.1, 0.15) is 0 Å². The first kappa shape index (κ1) is 12.0. The summed E-state index contributed by atoms with van der Waals surface area (Å²) in [5, 5.41) is 17.6. The third-order valence-corrected chi connectivity index (χ3v) is 2.85. The maximum atomic E-state index is 9.02. The molecule has 0 aliphatic carbocycles. The molecule has 1 saturated heterocycles. The van der Waals surface area contributed by atoms with Crippen LogP contribution in [-0.4, -0.2) is 48.6 Å². The minimum absolute atomic E-state index is 0.0687. The van der Waals surface area contributed by atoms with Gasteiger partial charge in [0, 0.05) is 26.2 Å². The molecular weight excluding hydrogens is 188 g/mol. The molecular formula is C11H18N4. The Bertz CT molecular complexity index is 255. The molecule has 4 nitrogen and oxygen atoms in total. The molecule has 0 aromatic carbocycles. The van der Waals surface area contributed by atoms with E-state index in [-0.39, 0.29) is 6.04 Å². The Morgan fingerprint density at radius 2 is 1.87 bits per heavy atom. The smallest absolute Gasteiger partial charge is 0.0978 e. The lowest BCUT2D eigenvalue weighted by molar-refractivity contribution is 0.120. The number of nitrogens with zero attached hydrogens (tertiary/aromatic N) is 4. The van der Waals surface area contributed by atoms with Crippen molar-refractivity contribution in [2.45, 2.75) is 25.8 Å². The standard InChI is InChI=1S/C11H18N4/c1-2-3-11(10-13)15-8-6-14(5-4-12)7-9-15/h11H,2-3,5-9H2,1H3. The molecule has 1 aliphatic heterocycles. The Kier molecular flexibility index (Phi) is 5.10. The van der Waals surface area contributed by atoms with E-state index in [0.717, 1.165) is 39.0 Å². The second-order valence-electron chi connectivity index (χ2n) is 3.90. The van der Waals surface area contributed by atoms with Crippen LogP contribution in [0.5, 0.6) is 0 Å². The van der Waals surface area contributed by atoms with E-state index in [1.807, 2.05) is 0 Å². The van der Waals surface area contributed by atoms with Gasteiger partial charge in [-0.05, 0) is 6.42 Å². The van der Waals surface area contributed by atoms with Crippen LogP contribution in [0.1, 0.15) is 19.8 Å². The summed E-state index contributed by atoms with van der Waals surface area (Å²) in [5.74, 6) is 0. The molecule has 1 heterocycles. The van der Waals surface area contributed by atoms with Gasteiger partial charge in [-0.3, -0.25) is 9.80 Å². The first-order valence-electron chi connectivity index (χ1n) is 5.54. The van der Waals surface area contributed by atoms with E-state index in [1.54, 1.807) is 0 Å². The molecule has 0 radical (unpaired) electrons. The van der Waals surface area contributed by atoms with E-state index < -0.39 is 0 Å². The molecule has 1 aliphatic rings. The van der Waals surface area contributed by atoms with E-state index in [1.165, 1.54) is 0 Å². The summed E-state index contributed by atoms with van der Waals surface area (Å²) >= 11 is 0. The number of piperazine rings is 1. The van der Waals surface area contributed by atoms with Gasteiger partial charge in [-0.15, -0.1) is 0 Å². The van der Waals surface area contributed by atoms with Crippen molar-refractivity contribution in [3.63, 3.8) is 0 Å². The van der Waals surface area contributed by atoms with Crippen LogP contribution >= 0.6 is 0 Å². The van der Waals surface area contributed by atoms with E-state index in [9.17, 15) is 0 Å². The van der Waals surface area contributed by atoms with Gasteiger partial charge in [0.2, 0.25) is 0 Å². The Balaban J connectivity index is 2.36. The Hall–Kier alpha value is -1.10. The molecule has 1 fully saturated rings. The topological polar surface area (TPSA) is 54.1 Å². The van der Waals surface area contributed by atoms with Crippen LogP contribution in [0.3, 0.4) is 0 Å². The third kappa shape index (κ3) is 3.51. The van der Waals surface area contributed by atoms with Crippen molar-refractivity contribution in [3.05, 3.63) is 0 Å². The molecule has 4 heteroatoms. The monoisotopic (exact) mass is 206 g/mol. The lowest BCUT2D eigenvalue weighted by Crippen LogP contribution is -2.49. The van der Waals surface area contributed by atoms with Gasteiger partial charge in [0.05, 0.1) is 24.7 Å². The number of rotatable bonds is 4. The summed E-state index contributed by atoms with van der Waals surface area (Å²) < 4.78 is 0. The van der Waals surface area contributed by atoms with Crippen LogP contribution in [0.25, 0.3) is 0 Å². The summed E-state index contributed by atoms with van der Waals surface area (Å²) in [7, 11) is 0. The SMILES string of the molecule is CCCC(C#N)N1CCN(CC#N)CC1. The normalized spacial score (nSPS) is 20.5. The molecule has 1 atom stereocenters. The largest absolute Gasteiger partial charge is 0.288 e. The summed E-state index contributed by atoms with van der Waals surface area (Å²) in [6.45, 7) is 6.28. The molecule has 1 unspecified atom stereocenters. The quantitative estimate of drug-likeness (QED) is 0.639. The Labute approximate surface area is 91.7 Å². The molecule has 82 valence electrons. The van der Waals surface area contributed by atoms with Gasteiger partial charge in [-0.1, -0.05) is 13.3 Å². The van der Waals surface area contributed by atoms with Gasteiger partial charge in [-0.25, -0.2) is 0 Å². The zero-order valence-corrected chi connectivity index (χ0v) is 9.32. The van der Waals surface area contributed by atoms with Crippen LogP contribution in [-0.2, 0) is 0 Å². The lowest BCUT2D eigenvalue weighted by atomic mass is 10.1. The zero-order valence-electron chi connectivity index (χ0n) is 9.32.